The van der Waals surface area contributed by atoms with E-state index in [2.05, 4.69) is 4.98 Å². The van der Waals surface area contributed by atoms with Crippen molar-refractivity contribution in [1.29, 1.82) is 0 Å². The zero-order chi connectivity index (χ0) is 18.6. The predicted molar refractivity (Wildman–Crippen MR) is 104 cm³/mol. The van der Waals surface area contributed by atoms with Gasteiger partial charge in [-0.15, -0.1) is 0 Å². The molecule has 2 atom stereocenters. The number of oxazole rings is 1. The number of ether oxygens (including phenoxy) is 1. The Kier molecular flexibility index (Phi) is 5.77. The maximum Gasteiger partial charge on any atom is 0.195 e. The number of rotatable bonds is 7. The van der Waals surface area contributed by atoms with Crippen LogP contribution in [0, 0.1) is 17.8 Å². The minimum Gasteiger partial charge on any atom is -0.489 e. The molecule has 2 saturated carbocycles. The number of hydrogen-bond acceptors (Lipinski definition) is 4. The van der Waals surface area contributed by atoms with Crippen LogP contribution in [0.1, 0.15) is 50.8 Å². The lowest BCUT2D eigenvalue weighted by molar-refractivity contribution is 0.131. The first kappa shape index (κ1) is 18.5. The molecule has 0 amide bonds. The fraction of sp³-hybridized carbons (Fsp3) is 0.591. The molecule has 146 valence electrons. The quantitative estimate of drug-likeness (QED) is 0.728. The smallest absolute Gasteiger partial charge is 0.195 e. The van der Waals surface area contributed by atoms with Crippen molar-refractivity contribution in [1.82, 2.24) is 4.98 Å². The standard InChI is InChI=1S/C22H29FN2O2/c23-12-18(13-24)14-26-19-5-6-20-21(11-19)27-22(25-20)7-4-17-9-15-2-1-3-16(8-15)10-17/h5-6,11-12,15-17H,1-4,7-10,13-14,24H2/b18-12+. The number of aromatic nitrogens is 1. The SMILES string of the molecule is NC/C(=C\F)COc1ccc2nc(CCC3CC4CCCC(C4)C3)oc2c1. The molecule has 27 heavy (non-hydrogen) atoms. The van der Waals surface area contributed by atoms with Crippen molar-refractivity contribution < 1.29 is 13.5 Å². The molecule has 0 aliphatic heterocycles. The summed E-state index contributed by atoms with van der Waals surface area (Å²) >= 11 is 0. The second-order valence-corrected chi connectivity index (χ2v) is 8.27. The van der Waals surface area contributed by atoms with E-state index in [0.29, 0.717) is 17.7 Å². The van der Waals surface area contributed by atoms with Crippen molar-refractivity contribution in [2.75, 3.05) is 13.2 Å². The third kappa shape index (κ3) is 4.52. The maximum atomic E-state index is 12.6. The number of halogens is 1. The molecule has 1 aromatic heterocycles. The van der Waals surface area contributed by atoms with Crippen LogP contribution in [0.2, 0.25) is 0 Å². The van der Waals surface area contributed by atoms with Gasteiger partial charge in [0.25, 0.3) is 0 Å². The first-order valence-electron chi connectivity index (χ1n) is 10.2. The van der Waals surface area contributed by atoms with Crippen LogP contribution in [-0.4, -0.2) is 18.1 Å². The Morgan fingerprint density at radius 1 is 1.26 bits per heavy atom. The first-order chi connectivity index (χ1) is 13.2. The normalized spacial score (nSPS) is 25.7. The fourth-order valence-electron chi connectivity index (χ4n) is 4.89. The molecular formula is C22H29FN2O2. The summed E-state index contributed by atoms with van der Waals surface area (Å²) in [7, 11) is 0. The highest BCUT2D eigenvalue weighted by Gasteiger charge is 2.31. The zero-order valence-corrected chi connectivity index (χ0v) is 15.8. The van der Waals surface area contributed by atoms with Crippen LogP contribution in [0.3, 0.4) is 0 Å². The molecule has 2 unspecified atom stereocenters. The summed E-state index contributed by atoms with van der Waals surface area (Å²) in [5.74, 6) is 4.19. The third-order valence-corrected chi connectivity index (χ3v) is 6.24. The van der Waals surface area contributed by atoms with Crippen molar-refractivity contribution in [3.8, 4) is 5.75 Å². The van der Waals surface area contributed by atoms with Gasteiger partial charge in [0.2, 0.25) is 0 Å². The number of nitrogens with zero attached hydrogens (tertiary/aromatic N) is 1. The molecular weight excluding hydrogens is 343 g/mol. The van der Waals surface area contributed by atoms with Crippen LogP contribution in [0.15, 0.2) is 34.5 Å². The van der Waals surface area contributed by atoms with Gasteiger partial charge in [0.15, 0.2) is 11.5 Å². The molecule has 5 heteroatoms. The minimum absolute atomic E-state index is 0.142. The Bertz CT molecular complexity index is 789. The number of benzene rings is 1. The van der Waals surface area contributed by atoms with Gasteiger partial charge >= 0.3 is 0 Å². The molecule has 1 aromatic carbocycles. The van der Waals surface area contributed by atoms with E-state index in [1.54, 1.807) is 0 Å². The largest absolute Gasteiger partial charge is 0.489 e. The minimum atomic E-state index is 0.142. The topological polar surface area (TPSA) is 61.3 Å². The Morgan fingerprint density at radius 3 is 2.81 bits per heavy atom. The highest BCUT2D eigenvalue weighted by Crippen LogP contribution is 2.43. The number of hydrogen-bond donors (Lipinski definition) is 1. The summed E-state index contributed by atoms with van der Waals surface area (Å²) in [6.45, 7) is 0.289. The van der Waals surface area contributed by atoms with Crippen molar-refractivity contribution in [2.24, 2.45) is 23.5 Å². The summed E-state index contributed by atoms with van der Waals surface area (Å²) < 4.78 is 24.1. The molecule has 4 nitrogen and oxygen atoms in total. The van der Waals surface area contributed by atoms with Gasteiger partial charge in [-0.1, -0.05) is 19.3 Å². The summed E-state index contributed by atoms with van der Waals surface area (Å²) in [5, 5.41) is 0. The maximum absolute atomic E-state index is 12.6. The lowest BCUT2D eigenvalue weighted by Crippen LogP contribution is -2.27. The van der Waals surface area contributed by atoms with Crippen molar-refractivity contribution in [2.45, 2.75) is 51.4 Å². The van der Waals surface area contributed by atoms with Crippen molar-refractivity contribution >= 4 is 11.1 Å². The van der Waals surface area contributed by atoms with Gasteiger partial charge in [-0.05, 0) is 55.6 Å². The van der Waals surface area contributed by atoms with Crippen molar-refractivity contribution in [3.63, 3.8) is 0 Å². The second kappa shape index (κ2) is 8.42. The van der Waals surface area contributed by atoms with Crippen LogP contribution in [-0.2, 0) is 6.42 Å². The average Bonchev–Trinajstić information content (AvgIpc) is 3.09. The molecule has 2 aliphatic carbocycles. The van der Waals surface area contributed by atoms with Crippen LogP contribution >= 0.6 is 0 Å². The van der Waals surface area contributed by atoms with Gasteiger partial charge in [-0.25, -0.2) is 9.37 Å². The Labute approximate surface area is 160 Å². The summed E-state index contributed by atoms with van der Waals surface area (Å²) in [4.78, 5) is 4.62. The molecule has 0 saturated heterocycles. The van der Waals surface area contributed by atoms with E-state index in [1.807, 2.05) is 18.2 Å². The lowest BCUT2D eigenvalue weighted by atomic mass is 9.67. The van der Waals surface area contributed by atoms with E-state index >= 15 is 0 Å². The number of nitrogens with two attached hydrogens (primary N) is 1. The van der Waals surface area contributed by atoms with Crippen LogP contribution in [0.25, 0.3) is 11.1 Å². The Balaban J connectivity index is 1.35. The lowest BCUT2D eigenvalue weighted by Gasteiger charge is -2.39. The van der Waals surface area contributed by atoms with Crippen LogP contribution in [0.5, 0.6) is 5.75 Å². The fourth-order valence-corrected chi connectivity index (χ4v) is 4.89. The second-order valence-electron chi connectivity index (χ2n) is 8.27. The molecule has 2 bridgehead atoms. The van der Waals surface area contributed by atoms with Gasteiger partial charge in [-0.2, -0.15) is 0 Å². The number of fused-ring (bicyclic) bond motifs is 3. The van der Waals surface area contributed by atoms with Crippen molar-refractivity contribution in [3.05, 3.63) is 36.0 Å². The summed E-state index contributed by atoms with van der Waals surface area (Å²) in [6.07, 6.45) is 11.1. The average molecular weight is 372 g/mol. The van der Waals surface area contributed by atoms with Gasteiger partial charge < -0.3 is 14.9 Å². The zero-order valence-electron chi connectivity index (χ0n) is 15.8. The van der Waals surface area contributed by atoms with E-state index in [0.717, 1.165) is 41.2 Å². The molecule has 2 N–H and O–H groups in total. The Hall–Kier alpha value is -1.88. The van der Waals surface area contributed by atoms with Crippen LogP contribution < -0.4 is 10.5 Å². The van der Waals surface area contributed by atoms with E-state index in [-0.39, 0.29) is 13.2 Å². The molecule has 4 rings (SSSR count). The van der Waals surface area contributed by atoms with E-state index in [4.69, 9.17) is 14.9 Å². The first-order valence-corrected chi connectivity index (χ1v) is 10.2. The monoisotopic (exact) mass is 372 g/mol. The highest BCUT2D eigenvalue weighted by molar-refractivity contribution is 5.74. The van der Waals surface area contributed by atoms with Gasteiger partial charge in [-0.3, -0.25) is 0 Å². The van der Waals surface area contributed by atoms with Gasteiger partial charge in [0.1, 0.15) is 17.9 Å². The summed E-state index contributed by atoms with van der Waals surface area (Å²) in [6, 6.07) is 5.55. The third-order valence-electron chi connectivity index (χ3n) is 6.24. The molecule has 2 aromatic rings. The molecule has 0 radical (unpaired) electrons. The molecule has 0 spiro atoms. The molecule has 1 heterocycles. The summed E-state index contributed by atoms with van der Waals surface area (Å²) in [5.41, 5.74) is 7.44. The van der Waals surface area contributed by atoms with Gasteiger partial charge in [0.05, 0.1) is 6.33 Å². The Morgan fingerprint density at radius 2 is 2.07 bits per heavy atom. The van der Waals surface area contributed by atoms with Gasteiger partial charge in [0, 0.05) is 24.6 Å². The van der Waals surface area contributed by atoms with E-state index in [1.165, 1.54) is 44.9 Å². The predicted octanol–water partition coefficient (Wildman–Crippen LogP) is 5.17. The van der Waals surface area contributed by atoms with E-state index < -0.39 is 0 Å². The molecule has 2 fully saturated rings. The highest BCUT2D eigenvalue weighted by atomic mass is 19.1. The van der Waals surface area contributed by atoms with Crippen LogP contribution in [0.4, 0.5) is 4.39 Å². The van der Waals surface area contributed by atoms with E-state index in [9.17, 15) is 4.39 Å². The molecule has 2 aliphatic rings. The number of aryl methyl sites for hydroxylation is 1.